The molecule has 0 radical (unpaired) electrons. The summed E-state index contributed by atoms with van der Waals surface area (Å²) in [5.74, 6) is -1.37. The third-order valence-electron chi connectivity index (χ3n) is 3.78. The van der Waals surface area contributed by atoms with Gasteiger partial charge in [0.05, 0.1) is 17.2 Å². The minimum absolute atomic E-state index is 0.0524. The molecule has 1 unspecified atom stereocenters. The predicted octanol–water partition coefficient (Wildman–Crippen LogP) is 3.38. The SMILES string of the molecule is O=C(OCC1CCCO1)c1cccc(OC(=O)c2ccc(F)cc2)c1. The van der Waals surface area contributed by atoms with Crippen LogP contribution in [0.3, 0.4) is 0 Å². The molecule has 3 rings (SSSR count). The minimum atomic E-state index is -0.634. The number of rotatable bonds is 5. The maximum atomic E-state index is 12.9. The van der Waals surface area contributed by atoms with Gasteiger partial charge in [-0.1, -0.05) is 6.07 Å². The second kappa shape index (κ2) is 7.90. The van der Waals surface area contributed by atoms with Crippen molar-refractivity contribution in [1.82, 2.24) is 0 Å². The van der Waals surface area contributed by atoms with E-state index < -0.39 is 17.8 Å². The van der Waals surface area contributed by atoms with Gasteiger partial charge in [0.2, 0.25) is 0 Å². The minimum Gasteiger partial charge on any atom is -0.459 e. The van der Waals surface area contributed by atoms with Crippen LogP contribution in [0.5, 0.6) is 5.75 Å². The van der Waals surface area contributed by atoms with Crippen molar-refractivity contribution < 1.29 is 28.2 Å². The van der Waals surface area contributed by atoms with E-state index in [1.54, 1.807) is 18.2 Å². The fourth-order valence-corrected chi connectivity index (χ4v) is 2.47. The average Bonchev–Trinajstić information content (AvgIpc) is 3.14. The van der Waals surface area contributed by atoms with Crippen LogP contribution in [-0.2, 0) is 9.47 Å². The molecule has 2 aromatic rings. The van der Waals surface area contributed by atoms with Gasteiger partial charge in [0.15, 0.2) is 0 Å². The normalized spacial score (nSPS) is 16.4. The van der Waals surface area contributed by atoms with Crippen LogP contribution in [0.15, 0.2) is 48.5 Å². The predicted molar refractivity (Wildman–Crippen MR) is 87.1 cm³/mol. The Hall–Kier alpha value is -2.73. The van der Waals surface area contributed by atoms with E-state index in [1.165, 1.54) is 30.3 Å². The lowest BCUT2D eigenvalue weighted by molar-refractivity contribution is 0.0161. The molecule has 0 aliphatic carbocycles. The molecule has 0 bridgehead atoms. The molecule has 0 aromatic heterocycles. The van der Waals surface area contributed by atoms with Gasteiger partial charge in [-0.05, 0) is 55.3 Å². The maximum Gasteiger partial charge on any atom is 0.343 e. The lowest BCUT2D eigenvalue weighted by atomic mass is 10.2. The third-order valence-corrected chi connectivity index (χ3v) is 3.78. The van der Waals surface area contributed by atoms with Crippen molar-refractivity contribution in [3.05, 3.63) is 65.5 Å². The average molecular weight is 344 g/mol. The van der Waals surface area contributed by atoms with E-state index in [0.29, 0.717) is 6.61 Å². The standard InChI is InChI=1S/C19H17FO5/c20-15-8-6-13(7-9-15)19(22)25-16-4-1-3-14(11-16)18(21)24-12-17-5-2-10-23-17/h1,3-4,6-9,11,17H,2,5,10,12H2. The van der Waals surface area contributed by atoms with Gasteiger partial charge in [0.25, 0.3) is 0 Å². The summed E-state index contributed by atoms with van der Waals surface area (Å²) < 4.78 is 28.7. The van der Waals surface area contributed by atoms with Crippen molar-refractivity contribution in [2.75, 3.05) is 13.2 Å². The highest BCUT2D eigenvalue weighted by Crippen LogP contribution is 2.17. The van der Waals surface area contributed by atoms with Crippen molar-refractivity contribution >= 4 is 11.9 Å². The van der Waals surface area contributed by atoms with Gasteiger partial charge in [-0.25, -0.2) is 14.0 Å². The summed E-state index contributed by atoms with van der Waals surface area (Å²) in [6.07, 6.45) is 1.79. The van der Waals surface area contributed by atoms with Crippen molar-refractivity contribution in [1.29, 1.82) is 0 Å². The van der Waals surface area contributed by atoms with Crippen LogP contribution in [-0.4, -0.2) is 31.3 Å². The molecule has 5 nitrogen and oxygen atoms in total. The number of halogens is 1. The summed E-state index contributed by atoms with van der Waals surface area (Å²) >= 11 is 0. The number of carbonyl (C=O) groups excluding carboxylic acids is 2. The first-order chi connectivity index (χ1) is 12.1. The molecule has 6 heteroatoms. The number of esters is 2. The number of hydrogen-bond acceptors (Lipinski definition) is 5. The monoisotopic (exact) mass is 344 g/mol. The fraction of sp³-hybridized carbons (Fsp3) is 0.263. The molecule has 0 amide bonds. The molecule has 1 heterocycles. The summed E-state index contributed by atoms with van der Waals surface area (Å²) in [6, 6.07) is 11.2. The van der Waals surface area contributed by atoms with E-state index in [2.05, 4.69) is 0 Å². The van der Waals surface area contributed by atoms with Crippen LogP contribution in [0.1, 0.15) is 33.6 Å². The molecule has 0 N–H and O–H groups in total. The first kappa shape index (κ1) is 17.1. The van der Waals surface area contributed by atoms with Crippen molar-refractivity contribution in [2.24, 2.45) is 0 Å². The molecule has 130 valence electrons. The highest BCUT2D eigenvalue weighted by Gasteiger charge is 2.18. The van der Waals surface area contributed by atoms with Crippen LogP contribution in [0, 0.1) is 5.82 Å². The van der Waals surface area contributed by atoms with Gasteiger partial charge in [-0.3, -0.25) is 0 Å². The number of ether oxygens (including phenoxy) is 3. The lowest BCUT2D eigenvalue weighted by Gasteiger charge is -2.11. The second-order valence-corrected chi connectivity index (χ2v) is 5.66. The zero-order valence-corrected chi connectivity index (χ0v) is 13.4. The van der Waals surface area contributed by atoms with E-state index >= 15 is 0 Å². The van der Waals surface area contributed by atoms with Gasteiger partial charge in [0, 0.05) is 6.61 Å². The van der Waals surface area contributed by atoms with E-state index in [1.807, 2.05) is 0 Å². The molecular formula is C19H17FO5. The molecule has 1 aliphatic heterocycles. The van der Waals surface area contributed by atoms with Gasteiger partial charge in [-0.2, -0.15) is 0 Å². The summed E-state index contributed by atoms with van der Waals surface area (Å²) in [7, 11) is 0. The number of hydrogen-bond donors (Lipinski definition) is 0. The van der Waals surface area contributed by atoms with Crippen LogP contribution >= 0.6 is 0 Å². The molecule has 1 atom stereocenters. The molecular weight excluding hydrogens is 327 g/mol. The van der Waals surface area contributed by atoms with Crippen LogP contribution < -0.4 is 4.74 Å². The highest BCUT2D eigenvalue weighted by atomic mass is 19.1. The van der Waals surface area contributed by atoms with E-state index in [4.69, 9.17) is 14.2 Å². The molecule has 2 aromatic carbocycles. The van der Waals surface area contributed by atoms with Gasteiger partial charge in [0.1, 0.15) is 18.2 Å². The Labute approximate surface area is 144 Å². The Kier molecular flexibility index (Phi) is 5.40. The van der Waals surface area contributed by atoms with E-state index in [0.717, 1.165) is 12.8 Å². The van der Waals surface area contributed by atoms with Crippen molar-refractivity contribution in [3.8, 4) is 5.75 Å². The summed E-state index contributed by atoms with van der Waals surface area (Å²) in [5.41, 5.74) is 0.496. The molecule has 1 fully saturated rings. The largest absolute Gasteiger partial charge is 0.459 e. The topological polar surface area (TPSA) is 61.8 Å². The van der Waals surface area contributed by atoms with Crippen LogP contribution in [0.2, 0.25) is 0 Å². The van der Waals surface area contributed by atoms with E-state index in [-0.39, 0.29) is 29.6 Å². The Morgan fingerprint density at radius 3 is 2.60 bits per heavy atom. The van der Waals surface area contributed by atoms with Crippen LogP contribution in [0.25, 0.3) is 0 Å². The lowest BCUT2D eigenvalue weighted by Crippen LogP contribution is -2.18. The fourth-order valence-electron chi connectivity index (χ4n) is 2.47. The third kappa shape index (κ3) is 4.64. The maximum absolute atomic E-state index is 12.9. The molecule has 25 heavy (non-hydrogen) atoms. The molecule has 0 spiro atoms. The smallest absolute Gasteiger partial charge is 0.343 e. The Balaban J connectivity index is 1.61. The summed E-state index contributed by atoms with van der Waals surface area (Å²) in [4.78, 5) is 24.1. The van der Waals surface area contributed by atoms with Gasteiger partial charge >= 0.3 is 11.9 Å². The molecule has 0 saturated carbocycles. The molecule has 1 saturated heterocycles. The van der Waals surface area contributed by atoms with Crippen molar-refractivity contribution in [3.63, 3.8) is 0 Å². The summed E-state index contributed by atoms with van der Waals surface area (Å²) in [6.45, 7) is 0.898. The second-order valence-electron chi connectivity index (χ2n) is 5.66. The zero-order chi connectivity index (χ0) is 17.6. The van der Waals surface area contributed by atoms with E-state index in [9.17, 15) is 14.0 Å². The Morgan fingerprint density at radius 1 is 1.08 bits per heavy atom. The Morgan fingerprint density at radius 2 is 1.88 bits per heavy atom. The first-order valence-electron chi connectivity index (χ1n) is 7.98. The van der Waals surface area contributed by atoms with Crippen molar-refractivity contribution in [2.45, 2.75) is 18.9 Å². The quantitative estimate of drug-likeness (QED) is 0.615. The number of carbonyl (C=O) groups is 2. The highest BCUT2D eigenvalue weighted by molar-refractivity contribution is 5.92. The summed E-state index contributed by atoms with van der Waals surface area (Å²) in [5, 5.41) is 0. The van der Waals surface area contributed by atoms with Crippen LogP contribution in [0.4, 0.5) is 4.39 Å². The number of benzene rings is 2. The van der Waals surface area contributed by atoms with Gasteiger partial charge in [-0.15, -0.1) is 0 Å². The van der Waals surface area contributed by atoms with Gasteiger partial charge < -0.3 is 14.2 Å². The molecule has 1 aliphatic rings. The zero-order valence-electron chi connectivity index (χ0n) is 13.4. The first-order valence-corrected chi connectivity index (χ1v) is 7.98. The Bertz CT molecular complexity index is 751.